The zero-order valence-corrected chi connectivity index (χ0v) is 20.3. The van der Waals surface area contributed by atoms with E-state index in [9.17, 15) is 29.4 Å². The fourth-order valence-electron chi connectivity index (χ4n) is 3.85. The van der Waals surface area contributed by atoms with Gasteiger partial charge in [0.05, 0.1) is 36.7 Å². The van der Waals surface area contributed by atoms with Gasteiger partial charge in [-0.15, -0.1) is 0 Å². The van der Waals surface area contributed by atoms with Gasteiger partial charge in [-0.1, -0.05) is 39.2 Å². The molecule has 10 heteroatoms. The molecule has 1 aliphatic heterocycles. The van der Waals surface area contributed by atoms with E-state index in [0.29, 0.717) is 5.57 Å². The van der Waals surface area contributed by atoms with E-state index in [1.807, 2.05) is 0 Å². The highest BCUT2D eigenvalue weighted by Crippen LogP contribution is 2.40. The SMILES string of the molecule is C=C1C(=O)O[C@H]2[C@H]1[C@H](OC(=O)C(C)C)C(OC(=O)/C(=C\C)CO)/C(C(=O)OC)=C\CCC(=C)[C@@H]2O. The molecule has 2 rings (SSSR count). The first-order valence-corrected chi connectivity index (χ1v) is 11.2. The maximum Gasteiger partial charge on any atom is 0.337 e. The highest BCUT2D eigenvalue weighted by molar-refractivity contribution is 5.94. The first kappa shape index (κ1) is 28.0. The Morgan fingerprint density at radius 2 is 1.91 bits per heavy atom. The first-order chi connectivity index (χ1) is 16.5. The summed E-state index contributed by atoms with van der Waals surface area (Å²) in [5.41, 5.74) is -0.0693. The van der Waals surface area contributed by atoms with E-state index in [-0.39, 0.29) is 29.6 Å². The van der Waals surface area contributed by atoms with Crippen molar-refractivity contribution in [2.24, 2.45) is 11.8 Å². The van der Waals surface area contributed by atoms with Gasteiger partial charge in [-0.05, 0) is 25.3 Å². The Labute approximate surface area is 203 Å². The Kier molecular flexibility index (Phi) is 9.55. The lowest BCUT2D eigenvalue weighted by Gasteiger charge is -2.36. The van der Waals surface area contributed by atoms with Crippen LogP contribution in [0.5, 0.6) is 0 Å². The predicted molar refractivity (Wildman–Crippen MR) is 122 cm³/mol. The van der Waals surface area contributed by atoms with Gasteiger partial charge in [-0.2, -0.15) is 0 Å². The van der Waals surface area contributed by atoms with Crippen LogP contribution in [-0.4, -0.2) is 72.2 Å². The van der Waals surface area contributed by atoms with E-state index < -0.39 is 66.7 Å². The average molecular weight is 493 g/mol. The minimum atomic E-state index is -1.57. The molecule has 35 heavy (non-hydrogen) atoms. The number of fused-ring (bicyclic) bond motifs is 1. The number of carbonyl (C=O) groups excluding carboxylic acids is 4. The quantitative estimate of drug-likeness (QED) is 0.241. The van der Waals surface area contributed by atoms with Gasteiger partial charge in [0.2, 0.25) is 0 Å². The summed E-state index contributed by atoms with van der Waals surface area (Å²) in [6.07, 6.45) is -2.51. The topological polar surface area (TPSA) is 146 Å². The van der Waals surface area contributed by atoms with Crippen molar-refractivity contribution < 1.29 is 48.3 Å². The number of esters is 4. The number of ether oxygens (including phenoxy) is 4. The van der Waals surface area contributed by atoms with Crippen LogP contribution < -0.4 is 0 Å². The van der Waals surface area contributed by atoms with E-state index in [1.165, 1.54) is 19.1 Å². The summed E-state index contributed by atoms with van der Waals surface area (Å²) in [6, 6.07) is 0. The van der Waals surface area contributed by atoms with Crippen molar-refractivity contribution in [2.45, 2.75) is 58.0 Å². The largest absolute Gasteiger partial charge is 0.466 e. The number of rotatable bonds is 6. The van der Waals surface area contributed by atoms with Crippen molar-refractivity contribution in [3.8, 4) is 0 Å². The summed E-state index contributed by atoms with van der Waals surface area (Å²) in [6.45, 7) is 11.6. The number of aliphatic hydroxyl groups is 2. The van der Waals surface area contributed by atoms with Crippen LogP contribution in [0.3, 0.4) is 0 Å². The second kappa shape index (κ2) is 11.9. The molecule has 1 aliphatic carbocycles. The first-order valence-electron chi connectivity index (χ1n) is 11.2. The molecule has 1 fully saturated rings. The van der Waals surface area contributed by atoms with Crippen LogP contribution in [0, 0.1) is 11.8 Å². The minimum Gasteiger partial charge on any atom is -0.466 e. The van der Waals surface area contributed by atoms with Crippen molar-refractivity contribution in [2.75, 3.05) is 13.7 Å². The Balaban J connectivity index is 2.77. The van der Waals surface area contributed by atoms with Crippen molar-refractivity contribution >= 4 is 23.9 Å². The molecule has 0 aromatic rings. The van der Waals surface area contributed by atoms with Gasteiger partial charge in [0.1, 0.15) is 12.2 Å². The van der Waals surface area contributed by atoms with Crippen LogP contribution in [0.2, 0.25) is 0 Å². The molecule has 10 nitrogen and oxygen atoms in total. The molecule has 1 heterocycles. The maximum atomic E-state index is 12.8. The van der Waals surface area contributed by atoms with E-state index in [4.69, 9.17) is 18.9 Å². The van der Waals surface area contributed by atoms with Crippen molar-refractivity contribution in [1.29, 1.82) is 0 Å². The van der Waals surface area contributed by atoms with Gasteiger partial charge < -0.3 is 29.2 Å². The van der Waals surface area contributed by atoms with Gasteiger partial charge in [0.15, 0.2) is 12.2 Å². The van der Waals surface area contributed by atoms with Gasteiger partial charge in [-0.3, -0.25) is 4.79 Å². The number of aliphatic hydroxyl groups excluding tert-OH is 2. The van der Waals surface area contributed by atoms with Crippen LogP contribution in [0.1, 0.15) is 33.6 Å². The lowest BCUT2D eigenvalue weighted by Crippen LogP contribution is -2.49. The summed E-state index contributed by atoms with van der Waals surface area (Å²) in [5, 5.41) is 20.4. The molecule has 1 saturated heterocycles. The van der Waals surface area contributed by atoms with Gasteiger partial charge >= 0.3 is 23.9 Å². The Hall–Kier alpha value is -3.24. The van der Waals surface area contributed by atoms with Gasteiger partial charge in [0.25, 0.3) is 0 Å². The smallest absolute Gasteiger partial charge is 0.337 e. The molecule has 0 radical (unpaired) electrons. The molecular weight excluding hydrogens is 460 g/mol. The van der Waals surface area contributed by atoms with Crippen molar-refractivity contribution in [1.82, 2.24) is 0 Å². The lowest BCUT2D eigenvalue weighted by atomic mass is 9.80. The zero-order valence-electron chi connectivity index (χ0n) is 20.3. The normalized spacial score (nSPS) is 29.0. The minimum absolute atomic E-state index is 0.109. The van der Waals surface area contributed by atoms with E-state index in [0.717, 1.165) is 7.11 Å². The fraction of sp³-hybridized carbons (Fsp3) is 0.520. The molecule has 2 N–H and O–H groups in total. The molecular formula is C25H32O10. The number of allylic oxidation sites excluding steroid dienone is 2. The molecule has 0 bridgehead atoms. The van der Waals surface area contributed by atoms with Crippen LogP contribution >= 0.6 is 0 Å². The van der Waals surface area contributed by atoms with Crippen LogP contribution in [0.15, 0.2) is 47.6 Å². The van der Waals surface area contributed by atoms with Crippen molar-refractivity contribution in [3.05, 3.63) is 47.6 Å². The van der Waals surface area contributed by atoms with Crippen molar-refractivity contribution in [3.63, 3.8) is 0 Å². The Bertz CT molecular complexity index is 957. The summed E-state index contributed by atoms with van der Waals surface area (Å²) in [5.74, 6) is -5.21. The van der Waals surface area contributed by atoms with E-state index in [2.05, 4.69) is 13.2 Å². The zero-order chi connectivity index (χ0) is 26.4. The summed E-state index contributed by atoms with van der Waals surface area (Å²) < 4.78 is 21.6. The second-order valence-electron chi connectivity index (χ2n) is 8.57. The van der Waals surface area contributed by atoms with Gasteiger partial charge in [-0.25, -0.2) is 14.4 Å². The molecule has 0 aromatic heterocycles. The van der Waals surface area contributed by atoms with Gasteiger partial charge in [0, 0.05) is 5.57 Å². The highest BCUT2D eigenvalue weighted by atomic mass is 16.6. The predicted octanol–water partition coefficient (Wildman–Crippen LogP) is 1.31. The second-order valence-corrected chi connectivity index (χ2v) is 8.57. The van der Waals surface area contributed by atoms with Crippen LogP contribution in [0.25, 0.3) is 0 Å². The number of carbonyl (C=O) groups is 4. The molecule has 0 amide bonds. The average Bonchev–Trinajstić information content (AvgIpc) is 3.12. The Morgan fingerprint density at radius 1 is 1.26 bits per heavy atom. The number of hydrogen-bond donors (Lipinski definition) is 2. The lowest BCUT2D eigenvalue weighted by molar-refractivity contribution is -0.174. The molecule has 0 aromatic carbocycles. The molecule has 0 saturated carbocycles. The molecule has 1 unspecified atom stereocenters. The number of methoxy groups -OCH3 is 1. The monoisotopic (exact) mass is 492 g/mol. The molecule has 192 valence electrons. The standard InChI is InChI=1S/C25H32O10/c1-7-15(11-26)24(30)33-19-16(25(31)32-6)10-8-9-13(4)18(27)20-17(14(5)23(29)34-20)21(19)35-22(28)12(2)3/h7,10,12,17-21,26-27H,4-5,8-9,11H2,1-3,6H3/b15-7-,16-10+/t17-,18-,19?,20-,21-/m0/s1. The third-order valence-electron chi connectivity index (χ3n) is 5.94. The fourth-order valence-corrected chi connectivity index (χ4v) is 3.85. The Morgan fingerprint density at radius 3 is 2.46 bits per heavy atom. The summed E-state index contributed by atoms with van der Waals surface area (Å²) in [7, 11) is 1.13. The third kappa shape index (κ3) is 6.07. The molecule has 5 atom stereocenters. The third-order valence-corrected chi connectivity index (χ3v) is 5.94. The molecule has 2 aliphatic rings. The van der Waals surface area contributed by atoms with E-state index >= 15 is 0 Å². The highest BCUT2D eigenvalue weighted by Gasteiger charge is 2.53. The van der Waals surface area contributed by atoms with E-state index in [1.54, 1.807) is 13.8 Å². The van der Waals surface area contributed by atoms with Crippen LogP contribution in [-0.2, 0) is 38.1 Å². The van der Waals surface area contributed by atoms with Crippen LogP contribution in [0.4, 0.5) is 0 Å². The molecule has 0 spiro atoms. The maximum absolute atomic E-state index is 12.8. The number of hydrogen-bond acceptors (Lipinski definition) is 10. The summed E-state index contributed by atoms with van der Waals surface area (Å²) >= 11 is 0. The summed E-state index contributed by atoms with van der Waals surface area (Å²) in [4.78, 5) is 50.9.